The molecule has 0 radical (unpaired) electrons. The number of rotatable bonds is 4. The molecule has 0 N–H and O–H groups in total. The zero-order valence-electron chi connectivity index (χ0n) is 30.8. The molecule has 0 unspecified atom stereocenters. The van der Waals surface area contributed by atoms with Crippen LogP contribution in [0.15, 0.2) is 164 Å². The van der Waals surface area contributed by atoms with E-state index in [1.54, 1.807) is 0 Å². The van der Waals surface area contributed by atoms with E-state index in [-0.39, 0.29) is 10.8 Å². The fourth-order valence-electron chi connectivity index (χ4n) is 8.76. The van der Waals surface area contributed by atoms with Gasteiger partial charge in [-0.15, -0.1) is 0 Å². The monoisotopic (exact) mass is 697 g/mol. The van der Waals surface area contributed by atoms with Crippen LogP contribution in [-0.2, 0) is 10.8 Å². The summed E-state index contributed by atoms with van der Waals surface area (Å²) in [4.78, 5) is 21.5. The molecule has 4 heterocycles. The van der Waals surface area contributed by atoms with Crippen molar-refractivity contribution in [2.24, 2.45) is 0 Å². The van der Waals surface area contributed by atoms with Gasteiger partial charge in [-0.2, -0.15) is 0 Å². The second-order valence-corrected chi connectivity index (χ2v) is 15.3. The summed E-state index contributed by atoms with van der Waals surface area (Å²) in [5, 5.41) is 0. The molecule has 260 valence electrons. The lowest BCUT2D eigenvalue weighted by Gasteiger charge is -2.43. The standard InChI is InChI=1S/C49H39N5/c1-48(2)34-23-11-15-27-38(34)53(39-28-16-12-24-35(39)48)42-31-50-47(54-40-29-17-13-25-36(40)49(3,4)37-26-14-18-30-41(37)54)46-45(42)51-43(32-19-7-5-8-20-32)44(52-46)33-21-9-6-10-22-33/h5-31H,1-4H3. The predicted molar refractivity (Wildman–Crippen MR) is 222 cm³/mol. The molecule has 0 amide bonds. The summed E-state index contributed by atoms with van der Waals surface area (Å²) in [5.41, 5.74) is 15.0. The van der Waals surface area contributed by atoms with Gasteiger partial charge >= 0.3 is 0 Å². The topological polar surface area (TPSA) is 45.2 Å². The van der Waals surface area contributed by atoms with Gasteiger partial charge < -0.3 is 4.90 Å². The number of hydrogen-bond acceptors (Lipinski definition) is 5. The van der Waals surface area contributed by atoms with E-state index in [4.69, 9.17) is 15.0 Å². The Morgan fingerprint density at radius 1 is 0.370 bits per heavy atom. The minimum absolute atomic E-state index is 0.206. The summed E-state index contributed by atoms with van der Waals surface area (Å²) in [6.45, 7) is 9.24. The minimum Gasteiger partial charge on any atom is -0.306 e. The first-order chi connectivity index (χ1) is 26.3. The van der Waals surface area contributed by atoms with Crippen molar-refractivity contribution in [3.63, 3.8) is 0 Å². The van der Waals surface area contributed by atoms with Crippen LogP contribution in [0.4, 0.5) is 34.3 Å². The van der Waals surface area contributed by atoms with Gasteiger partial charge in [0.05, 0.1) is 46.0 Å². The van der Waals surface area contributed by atoms with E-state index < -0.39 is 0 Å². The summed E-state index contributed by atoms with van der Waals surface area (Å²) >= 11 is 0. The van der Waals surface area contributed by atoms with E-state index in [0.717, 1.165) is 67.8 Å². The Balaban J connectivity index is 1.34. The molecule has 0 spiro atoms. The number of aromatic nitrogens is 3. The molecule has 0 fully saturated rings. The molecule has 54 heavy (non-hydrogen) atoms. The SMILES string of the molecule is CC1(C)c2ccccc2N(c2cnc(N3c4ccccc4C(C)(C)c4ccccc43)c3nc(-c4ccccc4)c(-c4ccccc4)nc23)c2ccccc21. The molecule has 2 aromatic heterocycles. The van der Waals surface area contributed by atoms with Crippen molar-refractivity contribution in [3.05, 3.63) is 186 Å². The Bertz CT molecular complexity index is 2450. The van der Waals surface area contributed by atoms with E-state index in [9.17, 15) is 0 Å². The third-order valence-corrected chi connectivity index (χ3v) is 11.5. The van der Waals surface area contributed by atoms with Gasteiger partial charge in [0, 0.05) is 22.0 Å². The zero-order chi connectivity index (χ0) is 36.6. The van der Waals surface area contributed by atoms with Crippen molar-refractivity contribution in [1.82, 2.24) is 15.0 Å². The van der Waals surface area contributed by atoms with E-state index in [2.05, 4.69) is 183 Å². The first-order valence-electron chi connectivity index (χ1n) is 18.6. The molecule has 5 nitrogen and oxygen atoms in total. The van der Waals surface area contributed by atoms with Crippen molar-refractivity contribution >= 4 is 45.3 Å². The maximum Gasteiger partial charge on any atom is 0.166 e. The van der Waals surface area contributed by atoms with Gasteiger partial charge in [0.15, 0.2) is 5.82 Å². The van der Waals surface area contributed by atoms with Crippen molar-refractivity contribution in [3.8, 4) is 22.5 Å². The fourth-order valence-corrected chi connectivity index (χ4v) is 8.76. The van der Waals surface area contributed by atoms with Crippen LogP contribution in [0.5, 0.6) is 0 Å². The van der Waals surface area contributed by atoms with Gasteiger partial charge in [-0.3, -0.25) is 4.90 Å². The smallest absolute Gasteiger partial charge is 0.166 e. The molecular formula is C49H39N5. The largest absolute Gasteiger partial charge is 0.306 e. The van der Waals surface area contributed by atoms with Gasteiger partial charge in [-0.25, -0.2) is 15.0 Å². The van der Waals surface area contributed by atoms with Gasteiger partial charge in [0.25, 0.3) is 0 Å². The number of nitrogens with zero attached hydrogens (tertiary/aromatic N) is 5. The lowest BCUT2D eigenvalue weighted by Crippen LogP contribution is -2.32. The van der Waals surface area contributed by atoms with Crippen molar-refractivity contribution in [2.75, 3.05) is 9.80 Å². The van der Waals surface area contributed by atoms with Crippen molar-refractivity contribution in [2.45, 2.75) is 38.5 Å². The number of hydrogen-bond donors (Lipinski definition) is 0. The Morgan fingerprint density at radius 3 is 1.15 bits per heavy atom. The van der Waals surface area contributed by atoms with E-state index >= 15 is 0 Å². The number of fused-ring (bicyclic) bond motifs is 5. The van der Waals surface area contributed by atoms with Crippen LogP contribution >= 0.6 is 0 Å². The number of para-hydroxylation sites is 4. The first-order valence-corrected chi connectivity index (χ1v) is 18.6. The number of anilines is 6. The maximum absolute atomic E-state index is 5.70. The summed E-state index contributed by atoms with van der Waals surface area (Å²) in [6.07, 6.45) is 2.01. The summed E-state index contributed by atoms with van der Waals surface area (Å²) in [7, 11) is 0. The second-order valence-electron chi connectivity index (χ2n) is 15.3. The quantitative estimate of drug-likeness (QED) is 0.183. The Kier molecular flexibility index (Phi) is 7.11. The Morgan fingerprint density at radius 2 is 0.722 bits per heavy atom. The highest BCUT2D eigenvalue weighted by molar-refractivity contribution is 6.05. The molecule has 10 rings (SSSR count). The van der Waals surface area contributed by atoms with Crippen molar-refractivity contribution in [1.29, 1.82) is 0 Å². The van der Waals surface area contributed by atoms with Crippen LogP contribution in [0.2, 0.25) is 0 Å². The molecule has 2 aliphatic heterocycles. The number of benzene rings is 6. The molecule has 0 saturated carbocycles. The van der Waals surface area contributed by atoms with Crippen LogP contribution in [0.3, 0.4) is 0 Å². The molecule has 0 saturated heterocycles. The highest BCUT2D eigenvalue weighted by Crippen LogP contribution is 2.55. The zero-order valence-corrected chi connectivity index (χ0v) is 30.8. The van der Waals surface area contributed by atoms with Gasteiger partial charge in [0.2, 0.25) is 0 Å². The Labute approximate surface area is 316 Å². The fraction of sp³-hybridized carbons (Fsp3) is 0.122. The minimum atomic E-state index is -0.213. The van der Waals surface area contributed by atoms with Crippen LogP contribution in [0, 0.1) is 0 Å². The van der Waals surface area contributed by atoms with E-state index in [0.29, 0.717) is 0 Å². The molecule has 0 aliphatic carbocycles. The summed E-state index contributed by atoms with van der Waals surface area (Å²) in [5.74, 6) is 0.743. The molecule has 5 heteroatoms. The molecular weight excluding hydrogens is 659 g/mol. The highest BCUT2D eigenvalue weighted by atomic mass is 15.2. The van der Waals surface area contributed by atoms with Gasteiger partial charge in [0.1, 0.15) is 11.0 Å². The molecule has 0 atom stereocenters. The summed E-state index contributed by atoms with van der Waals surface area (Å²) in [6, 6.07) is 55.7. The van der Waals surface area contributed by atoms with Crippen molar-refractivity contribution < 1.29 is 0 Å². The lowest BCUT2D eigenvalue weighted by molar-refractivity contribution is 0.631. The third kappa shape index (κ3) is 4.67. The maximum atomic E-state index is 5.70. The van der Waals surface area contributed by atoms with Crippen LogP contribution in [-0.4, -0.2) is 15.0 Å². The molecule has 2 aliphatic rings. The third-order valence-electron chi connectivity index (χ3n) is 11.5. The lowest BCUT2D eigenvalue weighted by atomic mass is 9.73. The van der Waals surface area contributed by atoms with E-state index in [1.165, 1.54) is 22.3 Å². The Hall–Kier alpha value is -6.59. The molecule has 8 aromatic rings. The predicted octanol–water partition coefficient (Wildman–Crippen LogP) is 12.6. The van der Waals surface area contributed by atoms with Gasteiger partial charge in [-0.1, -0.05) is 161 Å². The average Bonchev–Trinajstić information content (AvgIpc) is 3.22. The van der Waals surface area contributed by atoms with Crippen LogP contribution in [0.25, 0.3) is 33.5 Å². The van der Waals surface area contributed by atoms with Crippen LogP contribution in [0.1, 0.15) is 49.9 Å². The molecule has 0 bridgehead atoms. The van der Waals surface area contributed by atoms with Gasteiger partial charge in [-0.05, 0) is 46.5 Å². The summed E-state index contributed by atoms with van der Waals surface area (Å²) < 4.78 is 0. The second kappa shape index (κ2) is 12.0. The highest BCUT2D eigenvalue weighted by Gasteiger charge is 2.40. The number of pyridine rings is 1. The molecule has 6 aromatic carbocycles. The first kappa shape index (κ1) is 32.1. The van der Waals surface area contributed by atoms with E-state index in [1.807, 2.05) is 18.3 Å². The van der Waals surface area contributed by atoms with Crippen LogP contribution < -0.4 is 9.80 Å². The normalized spacial score (nSPS) is 14.9. The average molecular weight is 698 g/mol.